The number of carbonyl (C=O) groups excluding carboxylic acids is 2. The highest BCUT2D eigenvalue weighted by Gasteiger charge is 2.19. The average Bonchev–Trinajstić information content (AvgIpc) is 2.55. The Morgan fingerprint density at radius 3 is 2.48 bits per heavy atom. The molecular formula is C16H13Cl2NO4. The van der Waals surface area contributed by atoms with E-state index < -0.39 is 24.6 Å². The molecule has 0 aliphatic carbocycles. The van der Waals surface area contributed by atoms with E-state index in [1.807, 2.05) is 0 Å². The molecular weight excluding hydrogens is 341 g/mol. The molecule has 1 atom stereocenters. The van der Waals surface area contributed by atoms with Crippen molar-refractivity contribution < 1.29 is 19.4 Å². The highest BCUT2D eigenvalue weighted by Crippen LogP contribution is 2.25. The molecule has 2 rings (SSSR count). The van der Waals surface area contributed by atoms with Gasteiger partial charge in [0.2, 0.25) is 0 Å². The second-order valence-electron chi connectivity index (χ2n) is 4.59. The van der Waals surface area contributed by atoms with Gasteiger partial charge in [0.25, 0.3) is 5.91 Å². The summed E-state index contributed by atoms with van der Waals surface area (Å²) in [7, 11) is 0. The topological polar surface area (TPSA) is 75.6 Å². The number of ether oxygens (including phenoxy) is 1. The summed E-state index contributed by atoms with van der Waals surface area (Å²) in [4.78, 5) is 23.5. The summed E-state index contributed by atoms with van der Waals surface area (Å²) < 4.78 is 4.79. The van der Waals surface area contributed by atoms with Gasteiger partial charge in [0, 0.05) is 5.02 Å². The standard InChI is InChI=1S/C16H13Cl2NO4/c17-11-6-7-13(12(18)8-11)19-14(20)9-23-16(22)15(21)10-4-2-1-3-5-10/h1-8,15,21H,9H2,(H,19,20)/t15-/m0/s1. The number of hydrogen-bond acceptors (Lipinski definition) is 4. The van der Waals surface area contributed by atoms with Crippen LogP contribution in [0, 0.1) is 0 Å². The molecule has 0 unspecified atom stereocenters. The Morgan fingerprint density at radius 2 is 1.83 bits per heavy atom. The molecule has 0 aliphatic rings. The van der Waals surface area contributed by atoms with Crippen molar-refractivity contribution in [2.75, 3.05) is 11.9 Å². The average molecular weight is 354 g/mol. The summed E-state index contributed by atoms with van der Waals surface area (Å²) in [6.07, 6.45) is -1.44. The third-order valence-electron chi connectivity index (χ3n) is 2.89. The molecule has 2 aromatic carbocycles. The molecule has 23 heavy (non-hydrogen) atoms. The van der Waals surface area contributed by atoms with E-state index in [0.717, 1.165) is 0 Å². The molecule has 0 bridgehead atoms. The lowest BCUT2D eigenvalue weighted by Crippen LogP contribution is -2.24. The van der Waals surface area contributed by atoms with Crippen LogP contribution in [0.25, 0.3) is 0 Å². The monoisotopic (exact) mass is 353 g/mol. The maximum Gasteiger partial charge on any atom is 0.340 e. The van der Waals surface area contributed by atoms with Crippen molar-refractivity contribution in [1.29, 1.82) is 0 Å². The van der Waals surface area contributed by atoms with E-state index in [0.29, 0.717) is 16.3 Å². The number of aliphatic hydroxyl groups excluding tert-OH is 1. The van der Waals surface area contributed by atoms with Crippen molar-refractivity contribution in [2.45, 2.75) is 6.10 Å². The molecule has 0 spiro atoms. The van der Waals surface area contributed by atoms with Gasteiger partial charge in [0.15, 0.2) is 12.7 Å². The first-order valence-electron chi connectivity index (χ1n) is 6.62. The number of esters is 1. The molecule has 0 saturated heterocycles. The fraction of sp³-hybridized carbons (Fsp3) is 0.125. The number of benzene rings is 2. The van der Waals surface area contributed by atoms with Crippen molar-refractivity contribution in [3.8, 4) is 0 Å². The van der Waals surface area contributed by atoms with Gasteiger partial charge in [-0.25, -0.2) is 4.79 Å². The van der Waals surface area contributed by atoms with Gasteiger partial charge in [-0.2, -0.15) is 0 Å². The first-order valence-corrected chi connectivity index (χ1v) is 7.37. The van der Waals surface area contributed by atoms with Gasteiger partial charge in [-0.15, -0.1) is 0 Å². The van der Waals surface area contributed by atoms with Gasteiger partial charge >= 0.3 is 5.97 Å². The van der Waals surface area contributed by atoms with Crippen LogP contribution in [0.15, 0.2) is 48.5 Å². The molecule has 120 valence electrons. The van der Waals surface area contributed by atoms with E-state index in [9.17, 15) is 14.7 Å². The Morgan fingerprint density at radius 1 is 1.13 bits per heavy atom. The molecule has 2 N–H and O–H groups in total. The molecule has 1 amide bonds. The number of rotatable bonds is 5. The smallest absolute Gasteiger partial charge is 0.340 e. The van der Waals surface area contributed by atoms with Crippen molar-refractivity contribution >= 4 is 40.8 Å². The maximum absolute atomic E-state index is 11.8. The van der Waals surface area contributed by atoms with Crippen LogP contribution in [0.4, 0.5) is 5.69 Å². The second-order valence-corrected chi connectivity index (χ2v) is 5.44. The Labute approximate surface area is 142 Å². The second kappa shape index (κ2) is 7.97. The number of aliphatic hydroxyl groups is 1. The summed E-state index contributed by atoms with van der Waals surface area (Å²) >= 11 is 11.7. The van der Waals surface area contributed by atoms with Crippen LogP contribution in [0.2, 0.25) is 10.0 Å². The van der Waals surface area contributed by atoms with Crippen LogP contribution in [-0.2, 0) is 14.3 Å². The van der Waals surface area contributed by atoms with Crippen molar-refractivity contribution in [2.24, 2.45) is 0 Å². The molecule has 0 aliphatic heterocycles. The summed E-state index contributed by atoms with van der Waals surface area (Å²) in [6, 6.07) is 12.9. The zero-order chi connectivity index (χ0) is 16.8. The molecule has 2 aromatic rings. The highest BCUT2D eigenvalue weighted by atomic mass is 35.5. The van der Waals surface area contributed by atoms with E-state index in [2.05, 4.69) is 5.32 Å². The van der Waals surface area contributed by atoms with Crippen molar-refractivity contribution in [3.05, 3.63) is 64.1 Å². The first kappa shape index (κ1) is 17.3. The third kappa shape index (κ3) is 4.96. The van der Waals surface area contributed by atoms with Crippen LogP contribution in [0.1, 0.15) is 11.7 Å². The predicted octanol–water partition coefficient (Wildman–Crippen LogP) is 3.21. The van der Waals surface area contributed by atoms with Crippen LogP contribution in [-0.4, -0.2) is 23.6 Å². The normalized spacial score (nSPS) is 11.6. The molecule has 0 saturated carbocycles. The molecule has 7 heteroatoms. The molecule has 0 aromatic heterocycles. The Bertz CT molecular complexity index is 706. The predicted molar refractivity (Wildman–Crippen MR) is 87.5 cm³/mol. The largest absolute Gasteiger partial charge is 0.453 e. The minimum Gasteiger partial charge on any atom is -0.453 e. The van der Waals surface area contributed by atoms with Crippen LogP contribution >= 0.6 is 23.2 Å². The van der Waals surface area contributed by atoms with Crippen LogP contribution < -0.4 is 5.32 Å². The Balaban J connectivity index is 1.87. The van der Waals surface area contributed by atoms with Crippen molar-refractivity contribution in [3.63, 3.8) is 0 Å². The summed E-state index contributed by atoms with van der Waals surface area (Å²) in [5.41, 5.74) is 0.736. The van der Waals surface area contributed by atoms with E-state index in [-0.39, 0.29) is 5.02 Å². The van der Waals surface area contributed by atoms with Gasteiger partial charge in [0.05, 0.1) is 10.7 Å². The fourth-order valence-electron chi connectivity index (χ4n) is 1.76. The fourth-order valence-corrected chi connectivity index (χ4v) is 2.22. The number of carbonyl (C=O) groups is 2. The van der Waals surface area contributed by atoms with E-state index in [1.54, 1.807) is 36.4 Å². The maximum atomic E-state index is 11.8. The first-order chi connectivity index (χ1) is 11.0. The van der Waals surface area contributed by atoms with Gasteiger partial charge in [-0.3, -0.25) is 4.79 Å². The van der Waals surface area contributed by atoms with Crippen molar-refractivity contribution in [1.82, 2.24) is 0 Å². The lowest BCUT2D eigenvalue weighted by Gasteiger charge is -2.11. The van der Waals surface area contributed by atoms with Gasteiger partial charge in [-0.05, 0) is 23.8 Å². The zero-order valence-electron chi connectivity index (χ0n) is 11.8. The number of nitrogens with one attached hydrogen (secondary N) is 1. The van der Waals surface area contributed by atoms with Crippen LogP contribution in [0.5, 0.6) is 0 Å². The van der Waals surface area contributed by atoms with Gasteiger partial charge in [0.1, 0.15) is 0 Å². The summed E-state index contributed by atoms with van der Waals surface area (Å²) in [5, 5.41) is 13.0. The van der Waals surface area contributed by atoms with E-state index >= 15 is 0 Å². The molecule has 0 heterocycles. The SMILES string of the molecule is O=C(COC(=O)[C@@H](O)c1ccccc1)Nc1ccc(Cl)cc1Cl. The molecule has 0 fully saturated rings. The zero-order valence-corrected chi connectivity index (χ0v) is 13.3. The Hall–Kier alpha value is -2.08. The minimum absolute atomic E-state index is 0.265. The number of hydrogen-bond donors (Lipinski definition) is 2. The summed E-state index contributed by atoms with van der Waals surface area (Å²) in [5.74, 6) is -1.49. The van der Waals surface area contributed by atoms with Gasteiger partial charge in [-0.1, -0.05) is 53.5 Å². The third-order valence-corrected chi connectivity index (χ3v) is 3.44. The summed E-state index contributed by atoms with van der Waals surface area (Å²) in [6.45, 7) is -0.540. The minimum atomic E-state index is -1.44. The Kier molecular flexibility index (Phi) is 5.98. The van der Waals surface area contributed by atoms with Gasteiger partial charge < -0.3 is 15.2 Å². The molecule has 5 nitrogen and oxygen atoms in total. The lowest BCUT2D eigenvalue weighted by atomic mass is 10.1. The number of halogens is 2. The number of amides is 1. The quantitative estimate of drug-likeness (QED) is 0.809. The highest BCUT2D eigenvalue weighted by molar-refractivity contribution is 6.36. The lowest BCUT2D eigenvalue weighted by molar-refractivity contribution is -0.156. The number of anilines is 1. The molecule has 0 radical (unpaired) electrons. The van der Waals surface area contributed by atoms with E-state index in [1.165, 1.54) is 12.1 Å². The van der Waals surface area contributed by atoms with E-state index in [4.69, 9.17) is 27.9 Å². The van der Waals surface area contributed by atoms with Crippen LogP contribution in [0.3, 0.4) is 0 Å².